The normalized spacial score (nSPS) is 30.2. The molecule has 2 aliphatic heterocycles. The molecule has 0 spiro atoms. The van der Waals surface area contributed by atoms with Crippen LogP contribution in [-0.2, 0) is 4.74 Å². The van der Waals surface area contributed by atoms with Crippen molar-refractivity contribution in [3.8, 4) is 0 Å². The van der Waals surface area contributed by atoms with Crippen LogP contribution < -0.4 is 10.6 Å². The van der Waals surface area contributed by atoms with Crippen LogP contribution in [-0.4, -0.2) is 73.8 Å². The lowest BCUT2D eigenvalue weighted by Crippen LogP contribution is -2.60. The highest BCUT2D eigenvalue weighted by molar-refractivity contribution is 14.0. The van der Waals surface area contributed by atoms with Crippen molar-refractivity contribution in [3.63, 3.8) is 0 Å². The molecule has 1 saturated carbocycles. The number of morpholine rings is 1. The van der Waals surface area contributed by atoms with Gasteiger partial charge in [0.05, 0.1) is 13.2 Å². The first-order chi connectivity index (χ1) is 10.8. The van der Waals surface area contributed by atoms with E-state index >= 15 is 0 Å². The highest BCUT2D eigenvalue weighted by Crippen LogP contribution is 2.33. The van der Waals surface area contributed by atoms with E-state index in [9.17, 15) is 0 Å². The molecule has 3 aliphatic rings. The van der Waals surface area contributed by atoms with Crippen molar-refractivity contribution < 1.29 is 4.74 Å². The number of nitrogens with zero attached hydrogens (tertiary/aromatic N) is 2. The number of guanidine groups is 1. The minimum atomic E-state index is 0. The van der Waals surface area contributed by atoms with E-state index in [0.29, 0.717) is 6.04 Å². The minimum absolute atomic E-state index is 0. The number of thioether (sulfide) groups is 1. The molecule has 2 heterocycles. The fourth-order valence-electron chi connectivity index (χ4n) is 3.84. The Hall–Kier alpha value is 0.270. The molecule has 3 rings (SSSR count). The standard InChI is InChI=1S/C16H30N4OS.HI/c1-17-15(19-14-4-2-3-5-14)18-12-16(6-11-22-13-16)20-7-9-21-10-8-20;/h14H,2-13H2,1H3,(H2,17,18,19);1H. The first kappa shape index (κ1) is 19.6. The van der Waals surface area contributed by atoms with Gasteiger partial charge in [-0.15, -0.1) is 24.0 Å². The number of nitrogens with one attached hydrogen (secondary N) is 2. The van der Waals surface area contributed by atoms with Crippen LogP contribution in [0.3, 0.4) is 0 Å². The van der Waals surface area contributed by atoms with Gasteiger partial charge in [0.25, 0.3) is 0 Å². The van der Waals surface area contributed by atoms with Crippen molar-refractivity contribution in [2.75, 3.05) is 51.4 Å². The summed E-state index contributed by atoms with van der Waals surface area (Å²) in [5.41, 5.74) is 0.280. The molecule has 0 radical (unpaired) electrons. The van der Waals surface area contributed by atoms with Crippen molar-refractivity contribution >= 4 is 41.7 Å². The zero-order chi connectivity index (χ0) is 15.3. The summed E-state index contributed by atoms with van der Waals surface area (Å²) in [4.78, 5) is 7.08. The first-order valence-corrected chi connectivity index (χ1v) is 9.86. The lowest BCUT2D eigenvalue weighted by molar-refractivity contribution is -0.0120. The molecular weight excluding hydrogens is 423 g/mol. The van der Waals surface area contributed by atoms with Gasteiger partial charge in [-0.3, -0.25) is 9.89 Å². The molecule has 7 heteroatoms. The predicted octanol–water partition coefficient (Wildman–Crippen LogP) is 1.92. The van der Waals surface area contributed by atoms with Crippen molar-refractivity contribution in [1.29, 1.82) is 0 Å². The van der Waals surface area contributed by atoms with Crippen LogP contribution in [0.1, 0.15) is 32.1 Å². The van der Waals surface area contributed by atoms with Crippen LogP contribution >= 0.6 is 35.7 Å². The number of hydrogen-bond acceptors (Lipinski definition) is 4. The van der Waals surface area contributed by atoms with E-state index in [-0.39, 0.29) is 29.5 Å². The summed E-state index contributed by atoms with van der Waals surface area (Å²) in [5, 5.41) is 7.22. The summed E-state index contributed by atoms with van der Waals surface area (Å²) < 4.78 is 5.53. The Balaban J connectivity index is 0.00000192. The van der Waals surface area contributed by atoms with Crippen LogP contribution in [0.2, 0.25) is 0 Å². The Morgan fingerprint density at radius 3 is 2.65 bits per heavy atom. The molecule has 1 aliphatic carbocycles. The highest BCUT2D eigenvalue weighted by atomic mass is 127. The summed E-state index contributed by atoms with van der Waals surface area (Å²) >= 11 is 2.08. The maximum Gasteiger partial charge on any atom is 0.191 e. The van der Waals surface area contributed by atoms with Gasteiger partial charge in [-0.2, -0.15) is 11.8 Å². The zero-order valence-corrected chi connectivity index (χ0v) is 17.3. The lowest BCUT2D eigenvalue weighted by Gasteiger charge is -2.43. The van der Waals surface area contributed by atoms with Crippen molar-refractivity contribution in [2.45, 2.75) is 43.7 Å². The molecule has 3 fully saturated rings. The van der Waals surface area contributed by atoms with E-state index in [1.165, 1.54) is 43.6 Å². The van der Waals surface area contributed by atoms with Crippen molar-refractivity contribution in [3.05, 3.63) is 0 Å². The molecule has 0 amide bonds. The quantitative estimate of drug-likeness (QED) is 0.386. The van der Waals surface area contributed by atoms with Gasteiger partial charge in [0.2, 0.25) is 0 Å². The van der Waals surface area contributed by atoms with Crippen molar-refractivity contribution in [2.24, 2.45) is 4.99 Å². The van der Waals surface area contributed by atoms with E-state index in [4.69, 9.17) is 4.74 Å². The molecule has 2 N–H and O–H groups in total. The smallest absolute Gasteiger partial charge is 0.191 e. The van der Waals surface area contributed by atoms with Crippen LogP contribution in [0.4, 0.5) is 0 Å². The molecular formula is C16H31IN4OS. The SMILES string of the molecule is CN=C(NCC1(N2CCOCC2)CCSC1)NC1CCCC1.I. The second-order valence-corrected chi connectivity index (χ2v) is 7.78. The average Bonchev–Trinajstić information content (AvgIpc) is 3.25. The highest BCUT2D eigenvalue weighted by Gasteiger charge is 2.40. The zero-order valence-electron chi connectivity index (χ0n) is 14.2. The third-order valence-electron chi connectivity index (χ3n) is 5.27. The fourth-order valence-corrected chi connectivity index (χ4v) is 5.32. The minimum Gasteiger partial charge on any atom is -0.379 e. The molecule has 0 aromatic rings. The number of rotatable bonds is 4. The Morgan fingerprint density at radius 1 is 1.30 bits per heavy atom. The molecule has 1 unspecified atom stereocenters. The Labute approximate surface area is 161 Å². The molecule has 2 saturated heterocycles. The third kappa shape index (κ3) is 5.12. The molecule has 1 atom stereocenters. The van der Waals surface area contributed by atoms with Gasteiger partial charge in [-0.25, -0.2) is 0 Å². The van der Waals surface area contributed by atoms with E-state index in [1.807, 2.05) is 7.05 Å². The number of ether oxygens (including phenoxy) is 1. The molecule has 5 nitrogen and oxygen atoms in total. The summed E-state index contributed by atoms with van der Waals surface area (Å²) in [5.74, 6) is 3.48. The van der Waals surface area contributed by atoms with Crippen LogP contribution in [0.15, 0.2) is 4.99 Å². The van der Waals surface area contributed by atoms with Crippen LogP contribution in [0.5, 0.6) is 0 Å². The maximum absolute atomic E-state index is 5.53. The lowest BCUT2D eigenvalue weighted by atomic mass is 9.95. The molecule has 0 bridgehead atoms. The Kier molecular flexibility index (Phi) is 8.24. The monoisotopic (exact) mass is 454 g/mol. The molecule has 0 aromatic heterocycles. The summed E-state index contributed by atoms with van der Waals surface area (Å²) in [6, 6.07) is 0.614. The summed E-state index contributed by atoms with van der Waals surface area (Å²) in [6.45, 7) is 4.88. The van der Waals surface area contributed by atoms with E-state index in [0.717, 1.165) is 38.8 Å². The largest absolute Gasteiger partial charge is 0.379 e. The van der Waals surface area contributed by atoms with Crippen molar-refractivity contribution in [1.82, 2.24) is 15.5 Å². The second-order valence-electron chi connectivity index (χ2n) is 6.68. The van der Waals surface area contributed by atoms with E-state index in [2.05, 4.69) is 32.3 Å². The number of halogens is 1. The van der Waals surface area contributed by atoms with Gasteiger partial charge < -0.3 is 15.4 Å². The molecule has 23 heavy (non-hydrogen) atoms. The topological polar surface area (TPSA) is 48.9 Å². The summed E-state index contributed by atoms with van der Waals surface area (Å²) in [7, 11) is 1.88. The molecule has 0 aromatic carbocycles. The van der Waals surface area contributed by atoms with Gasteiger partial charge in [-0.05, 0) is 25.0 Å². The van der Waals surface area contributed by atoms with Gasteiger partial charge in [0.15, 0.2) is 5.96 Å². The van der Waals surface area contributed by atoms with Gasteiger partial charge in [0, 0.05) is 44.0 Å². The third-order valence-corrected chi connectivity index (χ3v) is 6.50. The second kappa shape index (κ2) is 9.68. The van der Waals surface area contributed by atoms with E-state index in [1.54, 1.807) is 0 Å². The number of hydrogen-bond donors (Lipinski definition) is 2. The predicted molar refractivity (Wildman–Crippen MR) is 109 cm³/mol. The Morgan fingerprint density at radius 2 is 2.04 bits per heavy atom. The number of aliphatic imine (C=N–C) groups is 1. The molecule has 134 valence electrons. The van der Waals surface area contributed by atoms with E-state index < -0.39 is 0 Å². The van der Waals surface area contributed by atoms with Gasteiger partial charge in [-0.1, -0.05) is 12.8 Å². The fraction of sp³-hybridized carbons (Fsp3) is 0.938. The average molecular weight is 454 g/mol. The maximum atomic E-state index is 5.53. The van der Waals surface area contributed by atoms with Gasteiger partial charge >= 0.3 is 0 Å². The van der Waals surface area contributed by atoms with Crippen LogP contribution in [0.25, 0.3) is 0 Å². The van der Waals surface area contributed by atoms with Gasteiger partial charge in [0.1, 0.15) is 0 Å². The van der Waals surface area contributed by atoms with Crippen LogP contribution in [0, 0.1) is 0 Å². The Bertz CT molecular complexity index is 378. The summed E-state index contributed by atoms with van der Waals surface area (Å²) in [6.07, 6.45) is 6.54. The first-order valence-electron chi connectivity index (χ1n) is 8.70.